The van der Waals surface area contributed by atoms with E-state index in [1.54, 1.807) is 25.1 Å². The van der Waals surface area contributed by atoms with Gasteiger partial charge in [0.15, 0.2) is 0 Å². The molecule has 25 heavy (non-hydrogen) atoms. The van der Waals surface area contributed by atoms with Crippen LogP contribution in [0.4, 0.5) is 0 Å². The molecule has 2 aromatic carbocycles. The SMILES string of the molecule is Cc1ccc(C)c(S(=O)(=O)NCCC(=O)NCc2ccccc2Cl)c1. The highest BCUT2D eigenvalue weighted by molar-refractivity contribution is 7.89. The Labute approximate surface area is 153 Å². The highest BCUT2D eigenvalue weighted by atomic mass is 35.5. The fraction of sp³-hybridized carbons (Fsp3) is 0.278. The lowest BCUT2D eigenvalue weighted by Gasteiger charge is -2.10. The van der Waals surface area contributed by atoms with Gasteiger partial charge in [-0.25, -0.2) is 13.1 Å². The number of hydrogen-bond acceptors (Lipinski definition) is 3. The van der Waals surface area contributed by atoms with E-state index in [1.165, 1.54) is 0 Å². The highest BCUT2D eigenvalue weighted by Crippen LogP contribution is 2.16. The predicted molar refractivity (Wildman–Crippen MR) is 99.0 cm³/mol. The lowest BCUT2D eigenvalue weighted by Crippen LogP contribution is -2.31. The number of benzene rings is 2. The lowest BCUT2D eigenvalue weighted by atomic mass is 10.2. The van der Waals surface area contributed by atoms with E-state index < -0.39 is 10.0 Å². The maximum absolute atomic E-state index is 12.4. The van der Waals surface area contributed by atoms with Gasteiger partial charge in [0.1, 0.15) is 0 Å². The fourth-order valence-electron chi connectivity index (χ4n) is 2.30. The molecule has 0 unspecified atom stereocenters. The summed E-state index contributed by atoms with van der Waals surface area (Å²) in [6.45, 7) is 3.91. The maximum atomic E-state index is 12.4. The van der Waals surface area contributed by atoms with Crippen molar-refractivity contribution in [3.05, 3.63) is 64.2 Å². The number of sulfonamides is 1. The van der Waals surface area contributed by atoms with Crippen molar-refractivity contribution in [3.63, 3.8) is 0 Å². The predicted octanol–water partition coefficient (Wildman–Crippen LogP) is 2.94. The molecule has 0 saturated carbocycles. The smallest absolute Gasteiger partial charge is 0.240 e. The number of carbonyl (C=O) groups excluding carboxylic acids is 1. The molecular weight excluding hydrogens is 360 g/mol. The fourth-order valence-corrected chi connectivity index (χ4v) is 3.86. The molecule has 1 amide bonds. The Bertz CT molecular complexity index is 866. The highest BCUT2D eigenvalue weighted by Gasteiger charge is 2.17. The van der Waals surface area contributed by atoms with Gasteiger partial charge >= 0.3 is 0 Å². The van der Waals surface area contributed by atoms with Crippen LogP contribution in [0, 0.1) is 13.8 Å². The van der Waals surface area contributed by atoms with Crippen molar-refractivity contribution in [2.75, 3.05) is 6.54 Å². The van der Waals surface area contributed by atoms with Gasteiger partial charge in [0.05, 0.1) is 4.90 Å². The molecule has 134 valence electrons. The van der Waals surface area contributed by atoms with E-state index in [1.807, 2.05) is 31.2 Å². The molecule has 2 rings (SSSR count). The van der Waals surface area contributed by atoms with Gasteiger partial charge in [-0.2, -0.15) is 0 Å². The molecule has 7 heteroatoms. The van der Waals surface area contributed by atoms with E-state index in [0.29, 0.717) is 17.1 Å². The number of hydrogen-bond donors (Lipinski definition) is 2. The van der Waals surface area contributed by atoms with Gasteiger partial charge in [-0.1, -0.05) is 41.9 Å². The molecule has 0 aromatic heterocycles. The second kappa shape index (κ2) is 8.47. The third-order valence-electron chi connectivity index (χ3n) is 3.71. The molecule has 0 spiro atoms. The Kier molecular flexibility index (Phi) is 6.58. The lowest BCUT2D eigenvalue weighted by molar-refractivity contribution is -0.121. The van der Waals surface area contributed by atoms with Crippen LogP contribution in [0.3, 0.4) is 0 Å². The molecule has 0 bridgehead atoms. The van der Waals surface area contributed by atoms with Gasteiger partial charge in [0, 0.05) is 24.5 Å². The monoisotopic (exact) mass is 380 g/mol. The summed E-state index contributed by atoms with van der Waals surface area (Å²) in [7, 11) is -3.63. The molecule has 0 fully saturated rings. The van der Waals surface area contributed by atoms with Crippen molar-refractivity contribution in [2.45, 2.75) is 31.7 Å². The van der Waals surface area contributed by atoms with Crippen LogP contribution in [0.15, 0.2) is 47.4 Å². The minimum atomic E-state index is -3.63. The number of nitrogens with one attached hydrogen (secondary N) is 2. The quantitative estimate of drug-likeness (QED) is 0.775. The first-order valence-corrected chi connectivity index (χ1v) is 9.73. The Morgan fingerprint density at radius 3 is 2.56 bits per heavy atom. The summed E-state index contributed by atoms with van der Waals surface area (Å²) in [4.78, 5) is 12.1. The number of carbonyl (C=O) groups is 1. The molecular formula is C18H21ClN2O3S. The van der Waals surface area contributed by atoms with E-state index in [-0.39, 0.29) is 23.8 Å². The van der Waals surface area contributed by atoms with Crippen LogP contribution in [0.2, 0.25) is 5.02 Å². The third kappa shape index (κ3) is 5.56. The van der Waals surface area contributed by atoms with Crippen molar-refractivity contribution in [1.82, 2.24) is 10.0 Å². The minimum Gasteiger partial charge on any atom is -0.352 e. The van der Waals surface area contributed by atoms with E-state index in [0.717, 1.165) is 11.1 Å². The average Bonchev–Trinajstić information content (AvgIpc) is 2.56. The van der Waals surface area contributed by atoms with Gasteiger partial charge in [-0.15, -0.1) is 0 Å². The van der Waals surface area contributed by atoms with Crippen molar-refractivity contribution in [1.29, 1.82) is 0 Å². The standard InChI is InChI=1S/C18H21ClN2O3S/c1-13-7-8-14(2)17(11-13)25(23,24)21-10-9-18(22)20-12-15-5-3-4-6-16(15)19/h3-8,11,21H,9-10,12H2,1-2H3,(H,20,22). The second-order valence-electron chi connectivity index (χ2n) is 5.78. The zero-order valence-electron chi connectivity index (χ0n) is 14.2. The van der Waals surface area contributed by atoms with Crippen molar-refractivity contribution < 1.29 is 13.2 Å². The van der Waals surface area contributed by atoms with Gasteiger partial charge < -0.3 is 5.32 Å². The van der Waals surface area contributed by atoms with Crippen molar-refractivity contribution >= 4 is 27.5 Å². The third-order valence-corrected chi connectivity index (χ3v) is 5.68. The first-order chi connectivity index (χ1) is 11.8. The zero-order chi connectivity index (χ0) is 18.4. The Morgan fingerprint density at radius 1 is 1.12 bits per heavy atom. The Hall–Kier alpha value is -1.89. The molecule has 2 N–H and O–H groups in total. The zero-order valence-corrected chi connectivity index (χ0v) is 15.7. The molecule has 0 saturated heterocycles. The summed E-state index contributed by atoms with van der Waals surface area (Å²) >= 11 is 6.02. The van der Waals surface area contributed by atoms with Crippen LogP contribution >= 0.6 is 11.6 Å². The van der Waals surface area contributed by atoms with Crippen LogP contribution in [-0.4, -0.2) is 20.9 Å². The van der Waals surface area contributed by atoms with E-state index in [2.05, 4.69) is 10.0 Å². The van der Waals surface area contributed by atoms with Crippen LogP contribution in [0.25, 0.3) is 0 Å². The van der Waals surface area contributed by atoms with Gasteiger partial charge in [-0.05, 0) is 42.7 Å². The van der Waals surface area contributed by atoms with Gasteiger partial charge in [0.2, 0.25) is 15.9 Å². The van der Waals surface area contributed by atoms with Gasteiger partial charge in [-0.3, -0.25) is 4.79 Å². The van der Waals surface area contributed by atoms with Crippen LogP contribution < -0.4 is 10.0 Å². The topological polar surface area (TPSA) is 75.3 Å². The first-order valence-electron chi connectivity index (χ1n) is 7.86. The molecule has 0 heterocycles. The van der Waals surface area contributed by atoms with Crippen molar-refractivity contribution in [2.24, 2.45) is 0 Å². The van der Waals surface area contributed by atoms with Gasteiger partial charge in [0.25, 0.3) is 0 Å². The van der Waals surface area contributed by atoms with E-state index in [4.69, 9.17) is 11.6 Å². The first kappa shape index (κ1) is 19.4. The van der Waals surface area contributed by atoms with Crippen LogP contribution in [0.1, 0.15) is 23.1 Å². The van der Waals surface area contributed by atoms with Crippen LogP contribution in [-0.2, 0) is 21.4 Å². The maximum Gasteiger partial charge on any atom is 0.240 e. The summed E-state index contributed by atoms with van der Waals surface area (Å²) in [6.07, 6.45) is 0.0501. The van der Waals surface area contributed by atoms with Crippen molar-refractivity contribution in [3.8, 4) is 0 Å². The molecule has 0 atom stereocenters. The molecule has 0 aliphatic heterocycles. The second-order valence-corrected chi connectivity index (χ2v) is 7.93. The Morgan fingerprint density at radius 2 is 1.84 bits per heavy atom. The molecule has 5 nitrogen and oxygen atoms in total. The number of rotatable bonds is 7. The summed E-state index contributed by atoms with van der Waals surface area (Å²) < 4.78 is 27.2. The van der Waals surface area contributed by atoms with E-state index in [9.17, 15) is 13.2 Å². The summed E-state index contributed by atoms with van der Waals surface area (Å²) in [6, 6.07) is 12.5. The molecule has 0 aliphatic rings. The molecule has 0 aliphatic carbocycles. The Balaban J connectivity index is 1.86. The summed E-state index contributed by atoms with van der Waals surface area (Å²) in [5.41, 5.74) is 2.35. The summed E-state index contributed by atoms with van der Waals surface area (Å²) in [5, 5.41) is 3.31. The molecule has 0 radical (unpaired) electrons. The molecule has 2 aromatic rings. The number of aryl methyl sites for hydroxylation is 2. The normalized spacial score (nSPS) is 11.3. The number of amides is 1. The average molecular weight is 381 g/mol. The van der Waals surface area contributed by atoms with Crippen LogP contribution in [0.5, 0.6) is 0 Å². The minimum absolute atomic E-state index is 0.0318. The summed E-state index contributed by atoms with van der Waals surface area (Å²) in [5.74, 6) is -0.247. The number of halogens is 1. The van der Waals surface area contributed by atoms with E-state index >= 15 is 0 Å². The largest absolute Gasteiger partial charge is 0.352 e.